The molecule has 0 aromatic rings. The van der Waals surface area contributed by atoms with Gasteiger partial charge in [0.05, 0.1) is 11.2 Å². The lowest BCUT2D eigenvalue weighted by molar-refractivity contribution is 0.00578. The Morgan fingerprint density at radius 2 is 1.58 bits per heavy atom. The van der Waals surface area contributed by atoms with Crippen LogP contribution in [0.3, 0.4) is 0 Å². The Morgan fingerprint density at radius 1 is 1.12 bits per heavy atom. The molecule has 2 saturated heterocycles. The van der Waals surface area contributed by atoms with Crippen molar-refractivity contribution in [2.45, 2.75) is 90.9 Å². The largest absolute Gasteiger partial charge is 0.461 e. The fourth-order valence-corrected chi connectivity index (χ4v) is 3.26. The maximum atomic E-state index is 12.2. The van der Waals surface area contributed by atoms with Gasteiger partial charge in [0.15, 0.2) is 0 Å². The summed E-state index contributed by atoms with van der Waals surface area (Å²) in [4.78, 5) is 14.0. The molecule has 1 amide bonds. The van der Waals surface area contributed by atoms with Crippen LogP contribution in [0.25, 0.3) is 0 Å². The zero-order valence-electron chi connectivity index (χ0n) is 16.6. The van der Waals surface area contributed by atoms with Gasteiger partial charge in [0.2, 0.25) is 0 Å². The van der Waals surface area contributed by atoms with E-state index >= 15 is 0 Å². The predicted molar refractivity (Wildman–Crippen MR) is 96.0 cm³/mol. The van der Waals surface area contributed by atoms with Crippen LogP contribution in [0.1, 0.15) is 68.2 Å². The molecule has 2 aliphatic rings. The average molecular weight is 339 g/mol. The molecular formula is C18H34BNO4. The molecule has 0 saturated carbocycles. The van der Waals surface area contributed by atoms with E-state index in [2.05, 4.69) is 34.6 Å². The molecule has 0 spiro atoms. The lowest BCUT2D eigenvalue weighted by Crippen LogP contribution is -2.43. The number of nitrogens with zero attached hydrogens (tertiary/aromatic N) is 1. The molecule has 0 aromatic heterocycles. The van der Waals surface area contributed by atoms with Crippen molar-refractivity contribution in [3.8, 4) is 0 Å². The van der Waals surface area contributed by atoms with E-state index in [-0.39, 0.29) is 24.4 Å². The Kier molecular flexibility index (Phi) is 5.32. The highest BCUT2D eigenvalue weighted by Gasteiger charge is 2.54. The van der Waals surface area contributed by atoms with Crippen molar-refractivity contribution in [1.82, 2.24) is 4.90 Å². The SMILES string of the molecule is CC(B1OC(C)(C)C(C)(C)O1)C1CCN(C(=O)OC(C)(C)C)CC1. The number of amides is 1. The molecule has 2 fully saturated rings. The summed E-state index contributed by atoms with van der Waals surface area (Å²) in [5.41, 5.74) is -1.02. The molecule has 5 nitrogen and oxygen atoms in total. The van der Waals surface area contributed by atoms with Gasteiger partial charge in [0.25, 0.3) is 0 Å². The van der Waals surface area contributed by atoms with E-state index in [1.54, 1.807) is 0 Å². The molecule has 1 atom stereocenters. The summed E-state index contributed by atoms with van der Waals surface area (Å²) in [7, 11) is -0.173. The highest BCUT2D eigenvalue weighted by atomic mass is 16.7. The van der Waals surface area contributed by atoms with Gasteiger partial charge in [-0.2, -0.15) is 0 Å². The van der Waals surface area contributed by atoms with Gasteiger partial charge in [-0.25, -0.2) is 4.79 Å². The summed E-state index contributed by atoms with van der Waals surface area (Å²) in [5.74, 6) is 0.810. The number of carbonyl (C=O) groups is 1. The molecule has 2 aliphatic heterocycles. The molecule has 2 heterocycles. The predicted octanol–water partition coefficient (Wildman–Crippen LogP) is 4.12. The van der Waals surface area contributed by atoms with Crippen molar-refractivity contribution < 1.29 is 18.8 Å². The minimum Gasteiger partial charge on any atom is -0.444 e. The van der Waals surface area contributed by atoms with E-state index in [1.807, 2.05) is 25.7 Å². The van der Waals surface area contributed by atoms with Crippen LogP contribution in [0.2, 0.25) is 5.82 Å². The van der Waals surface area contributed by atoms with Gasteiger partial charge in [-0.05, 0) is 73.0 Å². The first kappa shape index (κ1) is 19.6. The van der Waals surface area contributed by atoms with Gasteiger partial charge in [0, 0.05) is 13.1 Å². The smallest absolute Gasteiger partial charge is 0.444 e. The third-order valence-electron chi connectivity index (χ3n) is 5.64. The van der Waals surface area contributed by atoms with Crippen LogP contribution in [-0.2, 0) is 14.0 Å². The summed E-state index contributed by atoms with van der Waals surface area (Å²) < 4.78 is 17.8. The van der Waals surface area contributed by atoms with Crippen LogP contribution in [0.5, 0.6) is 0 Å². The fourth-order valence-electron chi connectivity index (χ4n) is 3.26. The molecular weight excluding hydrogens is 305 g/mol. The van der Waals surface area contributed by atoms with Crippen LogP contribution in [-0.4, -0.2) is 48.0 Å². The van der Waals surface area contributed by atoms with Crippen molar-refractivity contribution in [3.05, 3.63) is 0 Å². The second kappa shape index (κ2) is 6.52. The van der Waals surface area contributed by atoms with Gasteiger partial charge in [0.1, 0.15) is 5.60 Å². The molecule has 24 heavy (non-hydrogen) atoms. The van der Waals surface area contributed by atoms with Gasteiger partial charge in [-0.3, -0.25) is 0 Å². The van der Waals surface area contributed by atoms with E-state index < -0.39 is 5.60 Å². The molecule has 0 aromatic carbocycles. The summed E-state index contributed by atoms with van der Waals surface area (Å²) in [5, 5.41) is 0. The number of hydrogen-bond acceptors (Lipinski definition) is 4. The van der Waals surface area contributed by atoms with E-state index in [4.69, 9.17) is 14.0 Å². The number of rotatable bonds is 2. The summed E-state index contributed by atoms with van der Waals surface area (Å²) in [6, 6.07) is 0. The summed E-state index contributed by atoms with van der Waals surface area (Å²) >= 11 is 0. The maximum Gasteiger partial charge on any atom is 0.461 e. The first-order valence-corrected chi connectivity index (χ1v) is 9.16. The van der Waals surface area contributed by atoms with Gasteiger partial charge in [-0.1, -0.05) is 6.92 Å². The zero-order valence-corrected chi connectivity index (χ0v) is 16.6. The van der Waals surface area contributed by atoms with Gasteiger partial charge in [-0.15, -0.1) is 0 Å². The van der Waals surface area contributed by atoms with Crippen LogP contribution < -0.4 is 0 Å². The first-order chi connectivity index (χ1) is 10.8. The van der Waals surface area contributed by atoms with E-state index in [1.165, 1.54) is 0 Å². The quantitative estimate of drug-likeness (QED) is 0.710. The standard InChI is InChI=1S/C18H34BNO4/c1-13(19-23-17(5,6)18(7,8)24-19)14-9-11-20(12-10-14)15(21)22-16(2,3)4/h13-14H,9-12H2,1-8H3. The zero-order chi connectivity index (χ0) is 18.3. The lowest BCUT2D eigenvalue weighted by Gasteiger charge is -2.36. The molecule has 0 N–H and O–H groups in total. The minimum absolute atomic E-state index is 0.173. The number of likely N-dealkylation sites (tertiary alicyclic amines) is 1. The maximum absolute atomic E-state index is 12.2. The average Bonchev–Trinajstić information content (AvgIpc) is 2.65. The molecule has 1 unspecified atom stereocenters. The normalized spacial score (nSPS) is 25.7. The Balaban J connectivity index is 1.88. The Hall–Kier alpha value is -0.745. The number of ether oxygens (including phenoxy) is 1. The molecule has 0 aliphatic carbocycles. The van der Waals surface area contributed by atoms with Crippen molar-refractivity contribution in [1.29, 1.82) is 0 Å². The van der Waals surface area contributed by atoms with Crippen LogP contribution in [0, 0.1) is 5.92 Å². The Bertz CT molecular complexity index is 448. The van der Waals surface area contributed by atoms with Crippen molar-refractivity contribution >= 4 is 13.2 Å². The molecule has 2 rings (SSSR count). The van der Waals surface area contributed by atoms with Gasteiger partial charge >= 0.3 is 13.2 Å². The van der Waals surface area contributed by atoms with E-state index in [0.29, 0.717) is 11.7 Å². The van der Waals surface area contributed by atoms with Crippen LogP contribution in [0.4, 0.5) is 4.79 Å². The monoisotopic (exact) mass is 339 g/mol. The Morgan fingerprint density at radius 3 is 2.00 bits per heavy atom. The topological polar surface area (TPSA) is 48.0 Å². The number of piperidine rings is 1. The summed E-state index contributed by atoms with van der Waals surface area (Å²) in [6.45, 7) is 17.7. The molecule has 0 radical (unpaired) electrons. The first-order valence-electron chi connectivity index (χ1n) is 9.16. The summed E-state index contributed by atoms with van der Waals surface area (Å²) in [6.07, 6.45) is 1.72. The highest BCUT2D eigenvalue weighted by Crippen LogP contribution is 2.43. The number of carbonyl (C=O) groups excluding carboxylic acids is 1. The van der Waals surface area contributed by atoms with Gasteiger partial charge < -0.3 is 18.9 Å². The van der Waals surface area contributed by atoms with Crippen molar-refractivity contribution in [2.24, 2.45) is 5.92 Å². The van der Waals surface area contributed by atoms with E-state index in [9.17, 15) is 4.79 Å². The third kappa shape index (κ3) is 4.26. The third-order valence-corrected chi connectivity index (χ3v) is 5.64. The highest BCUT2D eigenvalue weighted by molar-refractivity contribution is 6.47. The number of hydrogen-bond donors (Lipinski definition) is 0. The van der Waals surface area contributed by atoms with Crippen LogP contribution in [0.15, 0.2) is 0 Å². The van der Waals surface area contributed by atoms with Crippen LogP contribution >= 0.6 is 0 Å². The molecule has 0 bridgehead atoms. The van der Waals surface area contributed by atoms with Crippen molar-refractivity contribution in [2.75, 3.05) is 13.1 Å². The minimum atomic E-state index is -0.441. The fraction of sp³-hybridized carbons (Fsp3) is 0.944. The molecule has 138 valence electrons. The van der Waals surface area contributed by atoms with E-state index in [0.717, 1.165) is 25.9 Å². The second-order valence-electron chi connectivity index (χ2n) is 9.29. The second-order valence-corrected chi connectivity index (χ2v) is 9.29. The lowest BCUT2D eigenvalue weighted by atomic mass is 9.63. The Labute approximate surface area is 147 Å². The molecule has 6 heteroatoms. The van der Waals surface area contributed by atoms with Crippen molar-refractivity contribution in [3.63, 3.8) is 0 Å².